The van der Waals surface area contributed by atoms with Gasteiger partial charge in [0.15, 0.2) is 0 Å². The lowest BCUT2D eigenvalue weighted by Crippen LogP contribution is -2.40. The van der Waals surface area contributed by atoms with Crippen molar-refractivity contribution in [2.45, 2.75) is 36.3 Å². The molecule has 0 aliphatic heterocycles. The smallest absolute Gasteiger partial charge is 0.244 e. The van der Waals surface area contributed by atoms with Crippen molar-refractivity contribution in [2.75, 3.05) is 14.2 Å². The van der Waals surface area contributed by atoms with Crippen LogP contribution >= 0.6 is 15.9 Å². The lowest BCUT2D eigenvalue weighted by Gasteiger charge is -2.20. The van der Waals surface area contributed by atoms with E-state index >= 15 is 0 Å². The number of rotatable bonds is 5. The van der Waals surface area contributed by atoms with Crippen molar-refractivity contribution in [1.29, 1.82) is 0 Å². The number of sulfonamides is 1. The van der Waals surface area contributed by atoms with Crippen molar-refractivity contribution in [1.82, 2.24) is 4.72 Å². The molecular formula is C13H18BrNO4S. The van der Waals surface area contributed by atoms with Gasteiger partial charge in [0, 0.05) is 17.6 Å². The Morgan fingerprint density at radius 3 is 2.70 bits per heavy atom. The molecule has 2 atom stereocenters. The minimum absolute atomic E-state index is 0.0667. The number of benzene rings is 1. The summed E-state index contributed by atoms with van der Waals surface area (Å²) in [5.41, 5.74) is 0. The number of ether oxygens (including phenoxy) is 2. The normalized spacial score (nSPS) is 22.9. The molecule has 0 heterocycles. The minimum Gasteiger partial charge on any atom is -0.495 e. The van der Waals surface area contributed by atoms with Crippen LogP contribution in [0.1, 0.15) is 19.3 Å². The quantitative estimate of drug-likeness (QED) is 0.871. The summed E-state index contributed by atoms with van der Waals surface area (Å²) in [7, 11) is -0.575. The third-order valence-corrected chi connectivity index (χ3v) is 5.48. The number of hydrogen-bond donors (Lipinski definition) is 1. The molecule has 2 unspecified atom stereocenters. The number of hydrogen-bond acceptors (Lipinski definition) is 4. The molecule has 0 amide bonds. The standard InChI is InChI=1S/C13H18BrNO4S/c1-18-11-5-3-4-10(11)15-20(16,17)13-8-9(14)6-7-12(13)19-2/h6-8,10-11,15H,3-5H2,1-2H3. The van der Waals surface area contributed by atoms with Crippen LogP contribution in [-0.4, -0.2) is 34.8 Å². The third-order valence-electron chi connectivity index (χ3n) is 3.48. The van der Waals surface area contributed by atoms with Gasteiger partial charge in [-0.25, -0.2) is 13.1 Å². The van der Waals surface area contributed by atoms with E-state index in [1.54, 1.807) is 19.2 Å². The van der Waals surface area contributed by atoms with Crippen LogP contribution < -0.4 is 9.46 Å². The summed E-state index contributed by atoms with van der Waals surface area (Å²) >= 11 is 3.28. The molecule has 1 aliphatic rings. The SMILES string of the molecule is COc1ccc(Br)cc1S(=O)(=O)NC1CCCC1OC. The number of halogens is 1. The maximum Gasteiger partial charge on any atom is 0.244 e. The largest absolute Gasteiger partial charge is 0.495 e. The topological polar surface area (TPSA) is 64.6 Å². The van der Waals surface area contributed by atoms with Gasteiger partial charge in [0.2, 0.25) is 10.0 Å². The summed E-state index contributed by atoms with van der Waals surface area (Å²) < 4.78 is 38.9. The van der Waals surface area contributed by atoms with Crippen LogP contribution in [0.25, 0.3) is 0 Å². The van der Waals surface area contributed by atoms with Crippen LogP contribution in [0.4, 0.5) is 0 Å². The Morgan fingerprint density at radius 1 is 1.30 bits per heavy atom. The lowest BCUT2D eigenvalue weighted by molar-refractivity contribution is 0.0916. The van der Waals surface area contributed by atoms with Gasteiger partial charge in [0.05, 0.1) is 13.2 Å². The lowest BCUT2D eigenvalue weighted by atomic mass is 10.2. The summed E-state index contributed by atoms with van der Waals surface area (Å²) in [5, 5.41) is 0. The van der Waals surface area contributed by atoms with Crippen molar-refractivity contribution >= 4 is 26.0 Å². The van der Waals surface area contributed by atoms with Crippen LogP contribution in [0.3, 0.4) is 0 Å². The Balaban J connectivity index is 2.28. The van der Waals surface area contributed by atoms with E-state index in [2.05, 4.69) is 20.7 Å². The van der Waals surface area contributed by atoms with E-state index < -0.39 is 10.0 Å². The van der Waals surface area contributed by atoms with E-state index in [9.17, 15) is 8.42 Å². The highest BCUT2D eigenvalue weighted by Gasteiger charge is 2.32. The molecule has 1 aliphatic carbocycles. The maximum absolute atomic E-state index is 12.5. The molecular weight excluding hydrogens is 346 g/mol. The highest BCUT2D eigenvalue weighted by atomic mass is 79.9. The first-order valence-electron chi connectivity index (χ1n) is 6.36. The van der Waals surface area contributed by atoms with Crippen LogP contribution in [0.5, 0.6) is 5.75 Å². The average Bonchev–Trinajstić information content (AvgIpc) is 2.85. The molecule has 1 aromatic carbocycles. The fraction of sp³-hybridized carbons (Fsp3) is 0.538. The first kappa shape index (κ1) is 15.8. The zero-order valence-corrected chi connectivity index (χ0v) is 13.8. The second-order valence-corrected chi connectivity index (χ2v) is 7.33. The summed E-state index contributed by atoms with van der Waals surface area (Å²) in [5.74, 6) is 0.327. The van der Waals surface area contributed by atoms with Crippen molar-refractivity contribution in [3.05, 3.63) is 22.7 Å². The van der Waals surface area contributed by atoms with Gasteiger partial charge in [-0.05, 0) is 37.5 Å². The molecule has 2 rings (SSSR count). The first-order chi connectivity index (χ1) is 9.47. The molecule has 0 radical (unpaired) electrons. The van der Waals surface area contributed by atoms with E-state index in [1.807, 2.05) is 0 Å². The van der Waals surface area contributed by atoms with Gasteiger partial charge in [-0.3, -0.25) is 0 Å². The van der Waals surface area contributed by atoms with Crippen molar-refractivity contribution in [2.24, 2.45) is 0 Å². The summed E-state index contributed by atoms with van der Waals surface area (Å²) in [6, 6.07) is 4.72. The molecule has 0 aromatic heterocycles. The average molecular weight is 364 g/mol. The van der Waals surface area contributed by atoms with Crippen LogP contribution in [0.15, 0.2) is 27.6 Å². The van der Waals surface area contributed by atoms with Gasteiger partial charge in [-0.15, -0.1) is 0 Å². The second kappa shape index (κ2) is 6.43. The molecule has 112 valence electrons. The van der Waals surface area contributed by atoms with E-state index in [0.29, 0.717) is 10.2 Å². The van der Waals surface area contributed by atoms with Gasteiger partial charge in [0.1, 0.15) is 10.6 Å². The molecule has 1 N–H and O–H groups in total. The van der Waals surface area contributed by atoms with E-state index in [1.165, 1.54) is 13.2 Å². The van der Waals surface area contributed by atoms with E-state index in [0.717, 1.165) is 19.3 Å². The van der Waals surface area contributed by atoms with Crippen LogP contribution in [-0.2, 0) is 14.8 Å². The van der Waals surface area contributed by atoms with Crippen LogP contribution in [0, 0.1) is 0 Å². The fourth-order valence-corrected chi connectivity index (χ4v) is 4.47. The van der Waals surface area contributed by atoms with Crippen molar-refractivity contribution < 1.29 is 17.9 Å². The molecule has 1 fully saturated rings. The molecule has 20 heavy (non-hydrogen) atoms. The highest BCUT2D eigenvalue weighted by molar-refractivity contribution is 9.10. The third kappa shape index (κ3) is 3.33. The Hall–Kier alpha value is -0.630. The zero-order chi connectivity index (χ0) is 14.8. The first-order valence-corrected chi connectivity index (χ1v) is 8.64. The minimum atomic E-state index is -3.64. The Bertz CT molecular complexity index is 576. The molecule has 7 heteroatoms. The highest BCUT2D eigenvalue weighted by Crippen LogP contribution is 2.29. The predicted octanol–water partition coefficient (Wildman–Crippen LogP) is 2.30. The molecule has 0 spiro atoms. The Labute approximate surface area is 127 Å². The van der Waals surface area contributed by atoms with Crippen molar-refractivity contribution in [3.8, 4) is 5.75 Å². The molecule has 0 bridgehead atoms. The molecule has 1 saturated carbocycles. The number of nitrogens with one attached hydrogen (secondary N) is 1. The van der Waals surface area contributed by atoms with Gasteiger partial charge in [0.25, 0.3) is 0 Å². The number of methoxy groups -OCH3 is 2. The Kier molecular flexibility index (Phi) is 5.06. The van der Waals surface area contributed by atoms with Gasteiger partial charge < -0.3 is 9.47 Å². The van der Waals surface area contributed by atoms with Crippen LogP contribution in [0.2, 0.25) is 0 Å². The fourth-order valence-electron chi connectivity index (χ4n) is 2.47. The maximum atomic E-state index is 12.5. The van der Waals surface area contributed by atoms with Gasteiger partial charge in [-0.2, -0.15) is 0 Å². The monoisotopic (exact) mass is 363 g/mol. The summed E-state index contributed by atoms with van der Waals surface area (Å²) in [4.78, 5) is 0.135. The molecule has 5 nitrogen and oxygen atoms in total. The predicted molar refractivity (Wildman–Crippen MR) is 79.5 cm³/mol. The van der Waals surface area contributed by atoms with Gasteiger partial charge in [-0.1, -0.05) is 15.9 Å². The van der Waals surface area contributed by atoms with Crippen molar-refractivity contribution in [3.63, 3.8) is 0 Å². The second-order valence-electron chi connectivity index (χ2n) is 4.73. The summed E-state index contributed by atoms with van der Waals surface area (Å²) in [6.45, 7) is 0. The van der Waals surface area contributed by atoms with Gasteiger partial charge >= 0.3 is 0 Å². The molecule has 0 saturated heterocycles. The Morgan fingerprint density at radius 2 is 2.05 bits per heavy atom. The summed E-state index contributed by atoms with van der Waals surface area (Å²) in [6.07, 6.45) is 2.55. The van der Waals surface area contributed by atoms with E-state index in [-0.39, 0.29) is 17.0 Å². The zero-order valence-electron chi connectivity index (χ0n) is 11.4. The molecule has 1 aromatic rings. The van der Waals surface area contributed by atoms with E-state index in [4.69, 9.17) is 9.47 Å².